The molecule has 1 aliphatic rings. The average molecular weight is 527 g/mol. The highest BCUT2D eigenvalue weighted by atomic mass is 35.5. The molecule has 3 heterocycles. The van der Waals surface area contributed by atoms with Gasteiger partial charge in [0.2, 0.25) is 11.9 Å². The second-order valence-corrected chi connectivity index (χ2v) is 9.32. The Morgan fingerprint density at radius 3 is 2.50 bits per heavy atom. The summed E-state index contributed by atoms with van der Waals surface area (Å²) >= 11 is 6.13. The number of aryl methyl sites for hydroxylation is 1. The van der Waals surface area contributed by atoms with Gasteiger partial charge in [-0.3, -0.25) is 24.7 Å². The van der Waals surface area contributed by atoms with Gasteiger partial charge in [0.15, 0.2) is 0 Å². The van der Waals surface area contributed by atoms with Gasteiger partial charge < -0.3 is 10.2 Å². The van der Waals surface area contributed by atoms with Gasteiger partial charge in [0.1, 0.15) is 6.04 Å². The topological polar surface area (TPSA) is 117 Å². The molecule has 2 N–H and O–H groups in total. The maximum atomic E-state index is 13.7. The number of fused-ring (bicyclic) bond motifs is 1. The van der Waals surface area contributed by atoms with Gasteiger partial charge in [-0.2, -0.15) is 0 Å². The van der Waals surface area contributed by atoms with Crippen LogP contribution in [0.25, 0.3) is 0 Å². The summed E-state index contributed by atoms with van der Waals surface area (Å²) in [6.07, 6.45) is 5.12. The molecule has 0 radical (unpaired) electrons. The number of amides is 3. The van der Waals surface area contributed by atoms with Crippen LogP contribution in [0, 0.1) is 6.92 Å². The molecule has 9 nitrogen and oxygen atoms in total. The SMILES string of the molecule is Cc1cnc(NC(=O)c2ccc(CN3C(=O)c4ccc(Cl)cc4NC(=O)C3Cc3ccccn3)cc2)nc1. The molecule has 1 atom stereocenters. The highest BCUT2D eigenvalue weighted by Gasteiger charge is 2.36. The third kappa shape index (κ3) is 5.52. The van der Waals surface area contributed by atoms with Crippen LogP contribution in [0.3, 0.4) is 0 Å². The average Bonchev–Trinajstić information content (AvgIpc) is 3.00. The van der Waals surface area contributed by atoms with Crippen LogP contribution in [0.5, 0.6) is 0 Å². The van der Waals surface area contributed by atoms with E-state index >= 15 is 0 Å². The number of carbonyl (C=O) groups excluding carboxylic acids is 3. The van der Waals surface area contributed by atoms with Gasteiger partial charge in [0.05, 0.1) is 11.3 Å². The lowest BCUT2D eigenvalue weighted by Crippen LogP contribution is -2.46. The highest BCUT2D eigenvalue weighted by molar-refractivity contribution is 6.31. The van der Waals surface area contributed by atoms with Gasteiger partial charge in [0, 0.05) is 47.8 Å². The minimum atomic E-state index is -0.815. The van der Waals surface area contributed by atoms with E-state index in [4.69, 9.17) is 11.6 Å². The highest BCUT2D eigenvalue weighted by Crippen LogP contribution is 2.28. The Hall–Kier alpha value is -4.63. The minimum Gasteiger partial charge on any atom is -0.323 e. The van der Waals surface area contributed by atoms with Crippen LogP contribution >= 0.6 is 11.6 Å². The third-order valence-electron chi connectivity index (χ3n) is 6.11. The molecule has 38 heavy (non-hydrogen) atoms. The Bertz CT molecular complexity index is 1490. The summed E-state index contributed by atoms with van der Waals surface area (Å²) in [6, 6.07) is 16.2. The molecule has 10 heteroatoms. The van der Waals surface area contributed by atoms with Crippen LogP contribution in [-0.4, -0.2) is 43.6 Å². The van der Waals surface area contributed by atoms with Crippen LogP contribution in [-0.2, 0) is 17.8 Å². The predicted molar refractivity (Wildman–Crippen MR) is 143 cm³/mol. The standard InChI is InChI=1S/C28H23ClN6O3/c1-17-14-31-28(32-15-17)34-25(36)19-7-5-18(6-8-19)16-35-24(13-21-4-2-3-11-30-21)26(37)33-23-12-20(29)9-10-22(23)27(35)38/h2-12,14-15,24H,13,16H2,1H3,(H,33,37)(H,31,32,34,36). The molecule has 5 rings (SSSR count). The van der Waals surface area contributed by atoms with Crippen LogP contribution in [0.1, 0.15) is 37.5 Å². The van der Waals surface area contributed by atoms with Crippen molar-refractivity contribution in [2.24, 2.45) is 0 Å². The van der Waals surface area contributed by atoms with E-state index in [0.717, 1.165) is 11.1 Å². The Labute approximate surface area is 223 Å². The molecular formula is C28H23ClN6O3. The second-order valence-electron chi connectivity index (χ2n) is 8.89. The number of nitrogens with zero attached hydrogens (tertiary/aromatic N) is 4. The molecule has 0 saturated heterocycles. The number of hydrogen-bond acceptors (Lipinski definition) is 6. The first-order valence-corrected chi connectivity index (χ1v) is 12.3. The summed E-state index contributed by atoms with van der Waals surface area (Å²) < 4.78 is 0. The minimum absolute atomic E-state index is 0.148. The van der Waals surface area contributed by atoms with E-state index in [-0.39, 0.29) is 36.6 Å². The normalized spacial score (nSPS) is 14.9. The maximum Gasteiger partial charge on any atom is 0.258 e. The molecular weight excluding hydrogens is 504 g/mol. The molecule has 1 unspecified atom stereocenters. The van der Waals surface area contributed by atoms with Gasteiger partial charge in [-0.25, -0.2) is 9.97 Å². The van der Waals surface area contributed by atoms with Crippen molar-refractivity contribution < 1.29 is 14.4 Å². The van der Waals surface area contributed by atoms with Crippen LogP contribution in [0.4, 0.5) is 11.6 Å². The second kappa shape index (κ2) is 10.8. The predicted octanol–water partition coefficient (Wildman–Crippen LogP) is 4.29. The number of pyridine rings is 1. The number of hydrogen-bond donors (Lipinski definition) is 2. The van der Waals surface area contributed by atoms with E-state index in [0.29, 0.717) is 27.5 Å². The van der Waals surface area contributed by atoms with Gasteiger partial charge in [-0.15, -0.1) is 0 Å². The van der Waals surface area contributed by atoms with Crippen molar-refractivity contribution in [1.29, 1.82) is 0 Å². The van der Waals surface area contributed by atoms with Crippen molar-refractivity contribution >= 4 is 41.0 Å². The fraction of sp³-hybridized carbons (Fsp3) is 0.143. The van der Waals surface area contributed by atoms with Gasteiger partial charge >= 0.3 is 0 Å². The summed E-state index contributed by atoms with van der Waals surface area (Å²) in [5.74, 6) is -0.792. The molecule has 0 saturated carbocycles. The van der Waals surface area contributed by atoms with E-state index in [1.807, 2.05) is 19.1 Å². The molecule has 4 aromatic rings. The molecule has 0 spiro atoms. The van der Waals surface area contributed by atoms with Crippen molar-refractivity contribution in [1.82, 2.24) is 19.9 Å². The fourth-order valence-electron chi connectivity index (χ4n) is 4.15. The molecule has 0 fully saturated rings. The van der Waals surface area contributed by atoms with Crippen LogP contribution < -0.4 is 10.6 Å². The van der Waals surface area contributed by atoms with E-state index < -0.39 is 6.04 Å². The van der Waals surface area contributed by atoms with E-state index in [1.165, 1.54) is 4.90 Å². The van der Waals surface area contributed by atoms with Gasteiger partial charge in [-0.05, 0) is 60.5 Å². The van der Waals surface area contributed by atoms with Gasteiger partial charge in [-0.1, -0.05) is 29.8 Å². The monoisotopic (exact) mass is 526 g/mol. The lowest BCUT2D eigenvalue weighted by atomic mass is 10.0. The lowest BCUT2D eigenvalue weighted by Gasteiger charge is -2.28. The van der Waals surface area contributed by atoms with Crippen LogP contribution in [0.2, 0.25) is 5.02 Å². The molecule has 1 aliphatic heterocycles. The van der Waals surface area contributed by atoms with Crippen molar-refractivity contribution in [3.63, 3.8) is 0 Å². The summed E-state index contributed by atoms with van der Waals surface area (Å²) in [7, 11) is 0. The molecule has 0 bridgehead atoms. The molecule has 2 aromatic heterocycles. The first kappa shape index (κ1) is 25.0. The smallest absolute Gasteiger partial charge is 0.258 e. The Kier molecular flexibility index (Phi) is 7.10. The number of anilines is 2. The summed E-state index contributed by atoms with van der Waals surface area (Å²) in [5.41, 5.74) is 3.43. The molecule has 190 valence electrons. The molecule has 2 aromatic carbocycles. The largest absolute Gasteiger partial charge is 0.323 e. The number of halogens is 1. The van der Waals surface area contributed by atoms with Crippen molar-refractivity contribution in [2.75, 3.05) is 10.6 Å². The third-order valence-corrected chi connectivity index (χ3v) is 6.35. The maximum absolute atomic E-state index is 13.7. The Balaban J connectivity index is 1.40. The number of benzene rings is 2. The first-order chi connectivity index (χ1) is 18.4. The summed E-state index contributed by atoms with van der Waals surface area (Å²) in [5, 5.41) is 5.93. The van der Waals surface area contributed by atoms with E-state index in [2.05, 4.69) is 25.6 Å². The Morgan fingerprint density at radius 2 is 1.79 bits per heavy atom. The summed E-state index contributed by atoms with van der Waals surface area (Å²) in [4.78, 5) is 53.7. The zero-order valence-corrected chi connectivity index (χ0v) is 21.1. The lowest BCUT2D eigenvalue weighted by molar-refractivity contribution is -0.120. The number of rotatable bonds is 6. The van der Waals surface area contributed by atoms with E-state index in [1.54, 1.807) is 67.1 Å². The zero-order chi connectivity index (χ0) is 26.6. The van der Waals surface area contributed by atoms with Crippen LogP contribution in [0.15, 0.2) is 79.3 Å². The Morgan fingerprint density at radius 1 is 1.03 bits per heavy atom. The van der Waals surface area contributed by atoms with E-state index in [9.17, 15) is 14.4 Å². The van der Waals surface area contributed by atoms with Gasteiger partial charge in [0.25, 0.3) is 11.8 Å². The molecule has 3 amide bonds. The zero-order valence-electron chi connectivity index (χ0n) is 20.4. The van der Waals surface area contributed by atoms with Crippen molar-refractivity contribution in [3.05, 3.63) is 112 Å². The summed E-state index contributed by atoms with van der Waals surface area (Å²) in [6.45, 7) is 2.01. The van der Waals surface area contributed by atoms with Crippen molar-refractivity contribution in [3.8, 4) is 0 Å². The fourth-order valence-corrected chi connectivity index (χ4v) is 4.32. The quantitative estimate of drug-likeness (QED) is 0.387. The number of carbonyl (C=O) groups is 3. The number of aromatic nitrogens is 3. The first-order valence-electron chi connectivity index (χ1n) is 11.9. The number of nitrogens with one attached hydrogen (secondary N) is 2. The van der Waals surface area contributed by atoms with Crippen molar-refractivity contribution in [2.45, 2.75) is 25.9 Å². The molecule has 0 aliphatic carbocycles.